The van der Waals surface area contributed by atoms with Crippen LogP contribution in [0.5, 0.6) is 0 Å². The summed E-state index contributed by atoms with van der Waals surface area (Å²) in [7, 11) is 0. The highest BCUT2D eigenvalue weighted by Crippen LogP contribution is 2.39. The third kappa shape index (κ3) is 4.21. The van der Waals surface area contributed by atoms with Crippen LogP contribution < -0.4 is 5.01 Å². The molecule has 0 saturated carbocycles. The minimum Gasteiger partial charge on any atom is -0.461 e. The molecule has 4 rings (SSSR count). The lowest BCUT2D eigenvalue weighted by molar-refractivity contribution is 0.0520. The van der Waals surface area contributed by atoms with Gasteiger partial charge in [0.1, 0.15) is 0 Å². The molecule has 1 aliphatic heterocycles. The molecule has 8 heteroatoms. The zero-order valence-electron chi connectivity index (χ0n) is 16.4. The van der Waals surface area contributed by atoms with Crippen molar-refractivity contribution < 1.29 is 9.53 Å². The van der Waals surface area contributed by atoms with Crippen LogP contribution in [0.3, 0.4) is 0 Å². The van der Waals surface area contributed by atoms with Gasteiger partial charge in [-0.1, -0.05) is 59.1 Å². The van der Waals surface area contributed by atoms with Gasteiger partial charge in [-0.3, -0.25) is 0 Å². The van der Waals surface area contributed by atoms with E-state index in [4.69, 9.17) is 33.0 Å². The summed E-state index contributed by atoms with van der Waals surface area (Å²) in [6, 6.07) is 13.7. The third-order valence-corrected chi connectivity index (χ3v) is 6.37. The summed E-state index contributed by atoms with van der Waals surface area (Å²) in [5, 5.41) is 10.0. The topological polar surface area (TPSA) is 54.8 Å². The van der Waals surface area contributed by atoms with Crippen LogP contribution in [0.2, 0.25) is 10.0 Å². The first-order valence-electron chi connectivity index (χ1n) is 9.47. The summed E-state index contributed by atoms with van der Waals surface area (Å²) in [6.07, 6.45) is 0.676. The highest BCUT2D eigenvalue weighted by molar-refractivity contribution is 7.13. The molecule has 0 spiro atoms. The molecule has 1 atom stereocenters. The van der Waals surface area contributed by atoms with Crippen molar-refractivity contribution >= 4 is 51.4 Å². The van der Waals surface area contributed by atoms with Crippen molar-refractivity contribution in [1.82, 2.24) is 4.98 Å². The van der Waals surface area contributed by atoms with Crippen molar-refractivity contribution in [3.8, 4) is 0 Å². The molecule has 1 aromatic heterocycles. The van der Waals surface area contributed by atoms with Gasteiger partial charge in [0.15, 0.2) is 5.69 Å². The van der Waals surface area contributed by atoms with E-state index in [9.17, 15) is 4.79 Å². The predicted molar refractivity (Wildman–Crippen MR) is 122 cm³/mol. The van der Waals surface area contributed by atoms with E-state index in [1.54, 1.807) is 18.4 Å². The molecule has 0 amide bonds. The average molecular weight is 460 g/mol. The number of esters is 1. The van der Waals surface area contributed by atoms with Gasteiger partial charge in [-0.15, -0.1) is 11.3 Å². The normalized spacial score (nSPS) is 15.9. The monoisotopic (exact) mass is 459 g/mol. The third-order valence-electron chi connectivity index (χ3n) is 4.80. The summed E-state index contributed by atoms with van der Waals surface area (Å²) in [5.74, 6) is -0.437. The van der Waals surface area contributed by atoms with Gasteiger partial charge >= 0.3 is 5.97 Å². The number of benzene rings is 2. The minimum absolute atomic E-state index is 0.114. The number of halogens is 2. The Morgan fingerprint density at radius 1 is 1.20 bits per heavy atom. The van der Waals surface area contributed by atoms with E-state index >= 15 is 0 Å². The molecule has 0 fully saturated rings. The Balaban J connectivity index is 1.72. The van der Waals surface area contributed by atoms with Gasteiger partial charge in [-0.05, 0) is 37.1 Å². The lowest BCUT2D eigenvalue weighted by atomic mass is 9.98. The van der Waals surface area contributed by atoms with Gasteiger partial charge < -0.3 is 4.74 Å². The number of anilines is 1. The zero-order chi connectivity index (χ0) is 21.3. The molecule has 30 heavy (non-hydrogen) atoms. The van der Waals surface area contributed by atoms with E-state index in [-0.39, 0.29) is 11.7 Å². The number of aryl methyl sites for hydroxylation is 1. The molecule has 0 radical (unpaired) electrons. The number of carbonyl (C=O) groups is 1. The molecule has 154 valence electrons. The highest BCUT2D eigenvalue weighted by atomic mass is 35.5. The first-order valence-corrected chi connectivity index (χ1v) is 11.1. The molecule has 0 saturated heterocycles. The van der Waals surface area contributed by atoms with Gasteiger partial charge in [0.05, 0.1) is 28.4 Å². The number of rotatable bonds is 5. The van der Waals surface area contributed by atoms with Gasteiger partial charge in [-0.25, -0.2) is 14.8 Å². The second-order valence-corrected chi connectivity index (χ2v) is 8.54. The SMILES string of the molecule is CCOC(=O)c1csc(N2N=C(c3ccc(C)cc3)CC2c2ccc(Cl)c(Cl)c2)n1. The summed E-state index contributed by atoms with van der Waals surface area (Å²) < 4.78 is 5.06. The van der Waals surface area contributed by atoms with E-state index < -0.39 is 5.97 Å². The van der Waals surface area contributed by atoms with Crippen LogP contribution in [0.15, 0.2) is 52.9 Å². The Labute approximate surface area is 188 Å². The minimum atomic E-state index is -0.437. The summed E-state index contributed by atoms with van der Waals surface area (Å²) in [6.45, 7) is 4.12. The fourth-order valence-electron chi connectivity index (χ4n) is 3.25. The van der Waals surface area contributed by atoms with Crippen LogP contribution in [0.4, 0.5) is 5.13 Å². The smallest absolute Gasteiger partial charge is 0.357 e. The lowest BCUT2D eigenvalue weighted by Gasteiger charge is -2.21. The Morgan fingerprint density at radius 2 is 1.97 bits per heavy atom. The second-order valence-electron chi connectivity index (χ2n) is 6.89. The lowest BCUT2D eigenvalue weighted by Crippen LogP contribution is -2.18. The maximum Gasteiger partial charge on any atom is 0.357 e. The maximum absolute atomic E-state index is 12.1. The maximum atomic E-state index is 12.1. The van der Waals surface area contributed by atoms with Gasteiger partial charge in [0.25, 0.3) is 0 Å². The summed E-state index contributed by atoms with van der Waals surface area (Å²) in [4.78, 5) is 16.5. The van der Waals surface area contributed by atoms with Crippen molar-refractivity contribution in [3.63, 3.8) is 0 Å². The first-order chi connectivity index (χ1) is 14.5. The Bertz CT molecular complexity index is 1110. The fraction of sp³-hybridized carbons (Fsp3) is 0.227. The van der Waals surface area contributed by atoms with E-state index in [1.165, 1.54) is 16.9 Å². The first kappa shape index (κ1) is 20.8. The van der Waals surface area contributed by atoms with Gasteiger partial charge in [-0.2, -0.15) is 5.10 Å². The number of thiazole rings is 1. The van der Waals surface area contributed by atoms with Crippen molar-refractivity contribution in [2.75, 3.05) is 11.6 Å². The molecule has 2 heterocycles. The van der Waals surface area contributed by atoms with Crippen molar-refractivity contribution in [2.24, 2.45) is 5.10 Å². The molecule has 2 aromatic carbocycles. The molecular weight excluding hydrogens is 441 g/mol. The van der Waals surface area contributed by atoms with E-state index in [2.05, 4.69) is 36.2 Å². The fourth-order valence-corrected chi connectivity index (χ4v) is 4.35. The number of hydrogen-bond donors (Lipinski definition) is 0. The van der Waals surface area contributed by atoms with Crippen LogP contribution in [-0.4, -0.2) is 23.3 Å². The molecule has 3 aromatic rings. The standard InChI is InChI=1S/C22H19Cl2N3O2S/c1-3-29-21(28)19-12-30-22(25-19)27-20(15-8-9-16(23)17(24)10-15)11-18(26-27)14-6-4-13(2)5-7-14/h4-10,12,20H,3,11H2,1-2H3. The Morgan fingerprint density at radius 3 is 2.67 bits per heavy atom. The Kier molecular flexibility index (Phi) is 6.09. The van der Waals surface area contributed by atoms with Crippen LogP contribution in [-0.2, 0) is 4.74 Å². The molecule has 1 aliphatic rings. The van der Waals surface area contributed by atoms with Crippen molar-refractivity contribution in [3.05, 3.63) is 80.3 Å². The van der Waals surface area contributed by atoms with Crippen molar-refractivity contribution in [1.29, 1.82) is 0 Å². The van der Waals surface area contributed by atoms with Crippen LogP contribution in [0, 0.1) is 6.92 Å². The summed E-state index contributed by atoms with van der Waals surface area (Å²) >= 11 is 13.7. The van der Waals surface area contributed by atoms with Crippen LogP contribution >= 0.6 is 34.5 Å². The largest absolute Gasteiger partial charge is 0.461 e. The molecule has 5 nitrogen and oxygen atoms in total. The van der Waals surface area contributed by atoms with Crippen LogP contribution in [0.25, 0.3) is 0 Å². The molecule has 0 aliphatic carbocycles. The number of nitrogens with zero attached hydrogens (tertiary/aromatic N) is 3. The number of aromatic nitrogens is 1. The van der Waals surface area contributed by atoms with Crippen LogP contribution in [0.1, 0.15) is 46.6 Å². The number of ether oxygens (including phenoxy) is 1. The Hall–Kier alpha value is -2.41. The predicted octanol–water partition coefficient (Wildman–Crippen LogP) is 6.29. The van der Waals surface area contributed by atoms with Gasteiger partial charge in [0.2, 0.25) is 5.13 Å². The summed E-state index contributed by atoms with van der Waals surface area (Å²) in [5.41, 5.74) is 4.44. The van der Waals surface area contributed by atoms with E-state index in [0.717, 1.165) is 16.8 Å². The molecular formula is C22H19Cl2N3O2S. The number of hydrogen-bond acceptors (Lipinski definition) is 6. The van der Waals surface area contributed by atoms with Crippen molar-refractivity contribution in [2.45, 2.75) is 26.3 Å². The zero-order valence-corrected chi connectivity index (χ0v) is 18.8. The van der Waals surface area contributed by atoms with Gasteiger partial charge in [0, 0.05) is 11.8 Å². The quantitative estimate of drug-likeness (QED) is 0.420. The average Bonchev–Trinajstić information content (AvgIpc) is 3.38. The molecule has 0 bridgehead atoms. The van der Waals surface area contributed by atoms with E-state index in [1.807, 2.05) is 17.1 Å². The molecule has 0 N–H and O–H groups in total. The highest BCUT2D eigenvalue weighted by Gasteiger charge is 2.32. The van der Waals surface area contributed by atoms with E-state index in [0.29, 0.717) is 28.2 Å². The molecule has 1 unspecified atom stereocenters. The second kappa shape index (κ2) is 8.76. The number of hydrazone groups is 1. The number of carbonyl (C=O) groups excluding carboxylic acids is 1.